The van der Waals surface area contributed by atoms with Crippen molar-refractivity contribution in [2.75, 3.05) is 32.8 Å². The molecule has 6 aromatic rings. The summed E-state index contributed by atoms with van der Waals surface area (Å²) in [5.41, 5.74) is 2.65. The molecule has 0 unspecified atom stereocenters. The van der Waals surface area contributed by atoms with Crippen LogP contribution in [0, 0.1) is 0 Å². The number of aliphatic imine (C=N–C) groups is 14. The maximum absolute atomic E-state index is 15.5. The van der Waals surface area contributed by atoms with E-state index in [-0.39, 0.29) is 88.1 Å². The van der Waals surface area contributed by atoms with E-state index in [0.717, 1.165) is 6.92 Å². The van der Waals surface area contributed by atoms with Gasteiger partial charge in [-0.05, 0) is 122 Å². The van der Waals surface area contributed by atoms with Crippen LogP contribution in [-0.2, 0) is 60.8 Å². The first kappa shape index (κ1) is 92.8. The van der Waals surface area contributed by atoms with E-state index in [1.165, 1.54) is 90.8 Å². The van der Waals surface area contributed by atoms with Gasteiger partial charge in [-0.2, -0.15) is 0 Å². The summed E-state index contributed by atoms with van der Waals surface area (Å²) in [6.07, 6.45) is -5.63. The molecular formula is C85H100N16O24. The van der Waals surface area contributed by atoms with Gasteiger partial charge in [0.15, 0.2) is 29.9 Å². The number of cyclic esters (lactones) is 1. The topological polar surface area (TPSA) is 643 Å². The number of hydrogen-bond acceptors (Lipinski definition) is 23. The summed E-state index contributed by atoms with van der Waals surface area (Å²) in [6.45, 7) is -0.711. The van der Waals surface area contributed by atoms with Crippen molar-refractivity contribution in [3.05, 3.63) is 161 Å². The van der Waals surface area contributed by atoms with Gasteiger partial charge in [-0.25, -0.2) is 69.7 Å². The standard InChI is InChI=1S/C85H100N16O24/c1-45-73(100-70(108)43-88-69(107)42-89-74(111)60(90-46(2)102)36-48-17-23-52(103)24-18-48)83(120)96-61(35-47-11-4-3-5-12-47)78(115)91-57-15-8-9-33-86-68(106)31-29-58(77(114)98-65(85(122)123)38-50-21-27-54(105)28-22-50)92-76(113)59-30-32-71(109)124-44-66(99-82(119)67-16-10-34-101(67)84(121)64(97-75(57)112)37-49-19-25-53(104)26-20-49)81(118)95-63(40-72(110)125-45)80(117)94-62(79(116)93-59)39-51-41-87-56-14-7-6-13-55(51)56/h3-7,11-14,17-28,41,45,57-67,73,87,103-105H,8-10,15-16,29-40,42-44H2,1-2H3,(H,86,106)(H,88,107)(H,89,111)(H,90,102)(H,91,115)(H,92,113)(H,93,116)(H,94,117)(H,95,118)(H,96,120)(H,97,112)(H,98,114)(H,99,119)(H,100,108)(H,122,123)/t45-,57+,58+,59+,60+,61+,62+,63+,64+,65-,66+,67+,73+/m1/s1. The molecule has 5 heterocycles. The van der Waals surface area contributed by atoms with Crippen molar-refractivity contribution >= 4 is 117 Å². The van der Waals surface area contributed by atoms with E-state index in [1.807, 2.05) is 0 Å². The molecule has 1 aromatic heterocycles. The maximum atomic E-state index is 15.5. The molecule has 19 N–H and O–H groups in total. The van der Waals surface area contributed by atoms with Crippen LogP contribution in [0.4, 0.5) is 0 Å². The Morgan fingerprint density at radius 2 is 1.06 bits per heavy atom. The third kappa shape index (κ3) is 27.5. The third-order valence-corrected chi connectivity index (χ3v) is 20.5. The van der Waals surface area contributed by atoms with Crippen molar-refractivity contribution in [3.63, 3.8) is 0 Å². The molecule has 13 atom stereocenters. The van der Waals surface area contributed by atoms with Gasteiger partial charge in [-0.15, -0.1) is 0 Å². The lowest BCUT2D eigenvalue weighted by molar-refractivity contribution is -0.148. The lowest BCUT2D eigenvalue weighted by Crippen LogP contribution is -2.46. The predicted octanol–water partition coefficient (Wildman–Crippen LogP) is 8.98. The molecule has 10 rings (SSSR count). The summed E-state index contributed by atoms with van der Waals surface area (Å²) in [4.78, 5) is 122. The smallest absolute Gasteiger partial charge is 0.328 e. The number of carboxylic acid groups (broad SMARTS) is 1. The van der Waals surface area contributed by atoms with Gasteiger partial charge < -0.3 is 111 Å². The summed E-state index contributed by atoms with van der Waals surface area (Å²) in [6, 6.07) is 10.5. The number of aromatic nitrogens is 1. The second kappa shape index (κ2) is 44.3. The van der Waals surface area contributed by atoms with Crippen molar-refractivity contribution in [2.45, 2.75) is 189 Å². The molecule has 4 aliphatic rings. The fourth-order valence-corrected chi connectivity index (χ4v) is 13.9. The zero-order valence-corrected chi connectivity index (χ0v) is 68.1. The number of aliphatic hydroxyl groups is 14. The number of fused-ring (bicyclic) bond motifs is 10. The number of aliphatic carboxylic acids is 1. The van der Waals surface area contributed by atoms with Crippen LogP contribution < -0.4 is 0 Å². The minimum absolute atomic E-state index is 0.00871. The first-order chi connectivity index (χ1) is 59.8. The van der Waals surface area contributed by atoms with Crippen LogP contribution in [0.25, 0.3) is 10.9 Å². The number of nitrogens with zero attached hydrogens (tertiary/aromatic N) is 15. The van der Waals surface area contributed by atoms with E-state index < -0.39 is 243 Å². The molecule has 0 aliphatic carbocycles. The lowest BCUT2D eigenvalue weighted by atomic mass is 10.0. The van der Waals surface area contributed by atoms with E-state index in [0.29, 0.717) is 38.7 Å². The van der Waals surface area contributed by atoms with Gasteiger partial charge in [0.2, 0.25) is 76.7 Å². The predicted molar refractivity (Wildman–Crippen MR) is 466 cm³/mol. The van der Waals surface area contributed by atoms with Crippen LogP contribution in [0.3, 0.4) is 0 Å². The van der Waals surface area contributed by atoms with Gasteiger partial charge in [0.1, 0.15) is 97.4 Å². The van der Waals surface area contributed by atoms with Crippen molar-refractivity contribution in [1.29, 1.82) is 0 Å². The molecule has 0 saturated carbocycles. The number of carboxylic acids is 1. The van der Waals surface area contributed by atoms with Crippen molar-refractivity contribution in [2.24, 2.45) is 69.9 Å². The van der Waals surface area contributed by atoms with Gasteiger partial charge in [-0.3, -0.25) is 19.4 Å². The number of H-pyrrole nitrogens is 1. The number of hydrogen-bond donors (Lipinski definition) is 19. The second-order valence-corrected chi connectivity index (χ2v) is 30.0. The number of carbonyl (C=O) groups excluding carboxylic acids is 3. The van der Waals surface area contributed by atoms with Crippen LogP contribution in [0.5, 0.6) is 17.2 Å². The lowest BCUT2D eigenvalue weighted by Gasteiger charge is -2.27. The molecule has 1 fully saturated rings. The number of aromatic hydroxyl groups is 3. The number of aliphatic hydroxyl groups excluding tert-OH is 14. The number of aromatic amines is 1. The Morgan fingerprint density at radius 3 is 1.73 bits per heavy atom. The SMILES string of the molecule is CC(O)=N[C@@H](Cc1ccc(O)cc1)C(O)=NCC(O)=NCC(O)=N[C@@H]1C(O)=N[C@@H](Cc2ccccc2)C(O)=N[C@H]2CCCCN=C(O)CC[C@@H](C(O)=N[C@H](Cc3ccc(O)cc3)C(=O)O)N=C(O)[C@@H]3CCC(=O)OC[C@H](N=C(O)[C@@H]4CCCN4C(=O)[C@H](Cc4ccc(O)cc4)N=C2O)C(O)=N[C@@H](CC(=O)O[C@@H]1C)C(O)=N[C@@H](Cc1c[nH]c2ccccc12)C(O)=N3. The molecule has 1 saturated heterocycles. The number of amides is 1. The summed E-state index contributed by atoms with van der Waals surface area (Å²) in [7, 11) is 0. The Bertz CT molecular complexity index is 5210. The summed E-state index contributed by atoms with van der Waals surface area (Å²) in [5.74, 6) is -18.3. The Balaban J connectivity index is 1.18. The summed E-state index contributed by atoms with van der Waals surface area (Å²) in [5, 5.41) is 209. The minimum Gasteiger partial charge on any atom is -0.508 e. The van der Waals surface area contributed by atoms with Crippen LogP contribution in [0.2, 0.25) is 0 Å². The Labute approximate surface area is 714 Å². The molecule has 125 heavy (non-hydrogen) atoms. The van der Waals surface area contributed by atoms with E-state index >= 15 is 9.59 Å². The Morgan fingerprint density at radius 1 is 0.512 bits per heavy atom. The number of phenolic OH excluding ortho intramolecular Hbond substituents is 3. The van der Waals surface area contributed by atoms with Crippen molar-refractivity contribution in [3.8, 4) is 17.2 Å². The fourth-order valence-electron chi connectivity index (χ4n) is 13.9. The first-order valence-corrected chi connectivity index (χ1v) is 40.2. The molecule has 664 valence electrons. The number of rotatable bonds is 20. The molecule has 4 bridgehead atoms. The highest BCUT2D eigenvalue weighted by Gasteiger charge is 2.40. The highest BCUT2D eigenvalue weighted by molar-refractivity contribution is 5.98. The Hall–Kier alpha value is -14.5. The first-order valence-electron chi connectivity index (χ1n) is 40.2. The number of para-hydroxylation sites is 1. The normalized spacial score (nSPS) is 24.2. The molecular weight excluding hydrogens is 1630 g/mol. The van der Waals surface area contributed by atoms with E-state index in [4.69, 9.17) is 9.47 Å². The monoisotopic (exact) mass is 1730 g/mol. The van der Waals surface area contributed by atoms with Crippen molar-refractivity contribution in [1.82, 2.24) is 9.88 Å². The number of nitrogens with one attached hydrogen (secondary N) is 1. The molecule has 40 heteroatoms. The van der Waals surface area contributed by atoms with Crippen molar-refractivity contribution < 1.29 is 121 Å². The Kier molecular flexibility index (Phi) is 32.9. The third-order valence-electron chi connectivity index (χ3n) is 20.5. The number of phenols is 3. The van der Waals surface area contributed by atoms with E-state index in [1.54, 1.807) is 54.6 Å². The average Bonchev–Trinajstić information content (AvgIpc) is 1.70. The zero-order valence-electron chi connectivity index (χ0n) is 68.1. The van der Waals surface area contributed by atoms with Gasteiger partial charge >= 0.3 is 17.9 Å². The van der Waals surface area contributed by atoms with Gasteiger partial charge in [-0.1, -0.05) is 84.9 Å². The minimum atomic E-state index is -2.23. The van der Waals surface area contributed by atoms with Crippen LogP contribution >= 0.6 is 0 Å². The van der Waals surface area contributed by atoms with Gasteiger partial charge in [0.25, 0.3) is 0 Å². The van der Waals surface area contributed by atoms with E-state index in [2.05, 4.69) is 74.9 Å². The van der Waals surface area contributed by atoms with Crippen LogP contribution in [0.15, 0.2) is 203 Å². The largest absolute Gasteiger partial charge is 0.508 e. The molecule has 0 spiro atoms. The molecule has 40 nitrogen and oxygen atoms in total. The number of ether oxygens (including phenoxy) is 2. The van der Waals surface area contributed by atoms with Gasteiger partial charge in [0, 0.05) is 82.1 Å². The zero-order chi connectivity index (χ0) is 90.0. The molecule has 0 radical (unpaired) electrons. The van der Waals surface area contributed by atoms with Gasteiger partial charge in [0.05, 0.1) is 6.42 Å². The fraction of sp³-hybridized carbons (Fsp3) is 0.412. The second-order valence-electron chi connectivity index (χ2n) is 30.0. The number of carbonyl (C=O) groups is 4. The highest BCUT2D eigenvalue weighted by Crippen LogP contribution is 2.28. The quantitative estimate of drug-likeness (QED) is 0.0192. The average molecular weight is 1730 g/mol. The number of esters is 2. The molecule has 5 aromatic carbocycles. The summed E-state index contributed by atoms with van der Waals surface area (Å²) >= 11 is 0. The number of benzene rings is 5. The molecule has 1 amide bonds. The maximum Gasteiger partial charge on any atom is 0.328 e. The highest BCUT2D eigenvalue weighted by atomic mass is 16.5. The molecule has 4 aliphatic heterocycles. The van der Waals surface area contributed by atoms with Crippen LogP contribution in [-0.4, -0.2) is 320 Å². The summed E-state index contributed by atoms with van der Waals surface area (Å²) < 4.78 is 11.7. The van der Waals surface area contributed by atoms with Crippen LogP contribution in [0.1, 0.15) is 106 Å². The van der Waals surface area contributed by atoms with E-state index in [9.17, 15) is 102 Å².